The van der Waals surface area contributed by atoms with Gasteiger partial charge in [0.1, 0.15) is 5.78 Å². The fourth-order valence-corrected chi connectivity index (χ4v) is 7.08. The number of phenols is 2. The van der Waals surface area contributed by atoms with Crippen molar-refractivity contribution in [1.82, 2.24) is 0 Å². The fraction of sp³-hybridized carbons (Fsp3) is 0.833. The van der Waals surface area contributed by atoms with Crippen LogP contribution in [-0.2, 0) is 34.7 Å². The summed E-state index contributed by atoms with van der Waals surface area (Å²) in [6.07, 6.45) is 32.2. The first-order chi connectivity index (χ1) is 21.7. The van der Waals surface area contributed by atoms with Gasteiger partial charge in [-0.05, 0) is 79.5 Å². The van der Waals surface area contributed by atoms with E-state index in [0.717, 1.165) is 25.7 Å². The van der Waals surface area contributed by atoms with Crippen LogP contribution in [0.25, 0.3) is 0 Å². The summed E-state index contributed by atoms with van der Waals surface area (Å²) in [6.45, 7) is 13.3. The van der Waals surface area contributed by atoms with Crippen molar-refractivity contribution in [2.24, 2.45) is 23.7 Å². The van der Waals surface area contributed by atoms with E-state index in [9.17, 15) is 15.0 Å². The van der Waals surface area contributed by atoms with Crippen molar-refractivity contribution in [3.05, 3.63) is 23.3 Å². The number of phenolic OH excluding ortho intramolecular Hbond substituents is 2. The summed E-state index contributed by atoms with van der Waals surface area (Å²) in [6, 6.07) is 3.63. The van der Waals surface area contributed by atoms with Gasteiger partial charge in [0.15, 0.2) is 11.5 Å². The quantitative estimate of drug-likeness (QED) is 0.0644. The Balaban J connectivity index is 0.00000121. The maximum atomic E-state index is 11.8. The SMILES string of the molecule is CC(C)C1CCC(C(C)C)C(=O)C1.CCCCCCCCCCCCc1cc(O)c(O)cc1CCCCCCCCCCCC.[Cu]. The van der Waals surface area contributed by atoms with Gasteiger partial charge in [0, 0.05) is 29.4 Å². The van der Waals surface area contributed by atoms with Crippen LogP contribution in [0.5, 0.6) is 11.5 Å². The Kier molecular flexibility index (Phi) is 28.3. The number of carbonyl (C=O) groups excluding carboxylic acids is 1. The molecule has 2 unspecified atom stereocenters. The second-order valence-corrected chi connectivity index (χ2v) is 15.1. The minimum Gasteiger partial charge on any atom is -0.504 e. The molecule has 1 fully saturated rings. The molecule has 0 spiro atoms. The van der Waals surface area contributed by atoms with E-state index in [-0.39, 0.29) is 28.6 Å². The van der Waals surface area contributed by atoms with Crippen LogP contribution in [0.1, 0.15) is 200 Å². The molecule has 2 N–H and O–H groups in total. The summed E-state index contributed by atoms with van der Waals surface area (Å²) >= 11 is 0. The molecule has 46 heavy (non-hydrogen) atoms. The molecule has 2 rings (SSSR count). The number of rotatable bonds is 24. The zero-order valence-electron chi connectivity index (χ0n) is 31.2. The predicted molar refractivity (Wildman–Crippen MR) is 196 cm³/mol. The van der Waals surface area contributed by atoms with Gasteiger partial charge in [-0.1, -0.05) is 157 Å². The Morgan fingerprint density at radius 1 is 0.565 bits per heavy atom. The number of aryl methyl sites for hydroxylation is 2. The third kappa shape index (κ3) is 21.1. The number of carbonyl (C=O) groups is 1. The normalized spacial score (nSPS) is 16.4. The minimum absolute atomic E-state index is 0. The molecule has 0 bridgehead atoms. The first-order valence-electron chi connectivity index (χ1n) is 19.8. The van der Waals surface area contributed by atoms with E-state index in [2.05, 4.69) is 41.5 Å². The summed E-state index contributed by atoms with van der Waals surface area (Å²) in [5.41, 5.74) is 2.49. The second kappa shape index (κ2) is 29.0. The van der Waals surface area contributed by atoms with Crippen molar-refractivity contribution in [1.29, 1.82) is 0 Å². The number of Topliss-reactive ketones (excluding diaryl/α,β-unsaturated/α-hetero) is 1. The molecule has 0 aromatic heterocycles. The van der Waals surface area contributed by atoms with E-state index in [1.54, 1.807) is 0 Å². The Labute approximate surface area is 297 Å². The van der Waals surface area contributed by atoms with E-state index < -0.39 is 0 Å². The topological polar surface area (TPSA) is 57.5 Å². The van der Waals surface area contributed by atoms with Gasteiger partial charge in [-0.3, -0.25) is 4.79 Å². The van der Waals surface area contributed by atoms with Crippen LogP contribution in [-0.4, -0.2) is 16.0 Å². The van der Waals surface area contributed by atoms with Gasteiger partial charge in [0.05, 0.1) is 0 Å². The Morgan fingerprint density at radius 3 is 1.22 bits per heavy atom. The standard InChI is InChI=1S/C30H54O2.C12H22O.Cu/c1-3-5-7-9-11-13-15-17-19-21-23-27-25-29(31)30(32)26-28(27)24-22-20-18-16-14-12-10-8-6-4-2;1-8(2)10-5-6-11(9(3)4)12(13)7-10;/h25-26,31-32H,3-24H2,1-2H3;8-11H,5-7H2,1-4H3;. The number of ketones is 1. The average Bonchev–Trinajstić information content (AvgIpc) is 3.01. The first kappa shape index (κ1) is 45.0. The molecule has 1 aromatic carbocycles. The predicted octanol–water partition coefficient (Wildman–Crippen LogP) is 13.3. The monoisotopic (exact) mass is 692 g/mol. The summed E-state index contributed by atoms with van der Waals surface area (Å²) in [5.74, 6) is 2.83. The average molecular weight is 693 g/mol. The van der Waals surface area contributed by atoms with Gasteiger partial charge >= 0.3 is 0 Å². The van der Waals surface area contributed by atoms with Crippen LogP contribution in [0, 0.1) is 23.7 Å². The number of aromatic hydroxyl groups is 2. The molecule has 1 aromatic rings. The number of benzene rings is 1. The van der Waals surface area contributed by atoms with Crippen LogP contribution in [0.15, 0.2) is 12.1 Å². The van der Waals surface area contributed by atoms with Crippen LogP contribution in [0.2, 0.25) is 0 Å². The molecule has 3 nitrogen and oxygen atoms in total. The molecule has 0 amide bonds. The van der Waals surface area contributed by atoms with Crippen LogP contribution < -0.4 is 0 Å². The summed E-state index contributed by atoms with van der Waals surface area (Å²) in [4.78, 5) is 11.8. The Bertz CT molecular complexity index is 816. The molecule has 0 aliphatic heterocycles. The first-order valence-corrected chi connectivity index (χ1v) is 19.8. The fourth-order valence-electron chi connectivity index (χ4n) is 7.08. The summed E-state index contributed by atoms with van der Waals surface area (Å²) in [7, 11) is 0. The third-order valence-corrected chi connectivity index (χ3v) is 10.4. The zero-order valence-corrected chi connectivity index (χ0v) is 32.2. The molecule has 1 saturated carbocycles. The summed E-state index contributed by atoms with van der Waals surface area (Å²) in [5, 5.41) is 20.0. The van der Waals surface area contributed by atoms with Crippen molar-refractivity contribution in [2.45, 2.75) is 202 Å². The van der Waals surface area contributed by atoms with Crippen molar-refractivity contribution >= 4 is 5.78 Å². The van der Waals surface area contributed by atoms with Crippen LogP contribution in [0.4, 0.5) is 0 Å². The maximum absolute atomic E-state index is 11.8. The van der Waals surface area contributed by atoms with Gasteiger partial charge < -0.3 is 10.2 Å². The van der Waals surface area contributed by atoms with Crippen LogP contribution in [0.3, 0.4) is 0 Å². The van der Waals surface area contributed by atoms with Gasteiger partial charge in [0.25, 0.3) is 0 Å². The molecular weight excluding hydrogens is 616 g/mol. The van der Waals surface area contributed by atoms with Crippen molar-refractivity contribution in [3.63, 3.8) is 0 Å². The van der Waals surface area contributed by atoms with Gasteiger partial charge in [-0.2, -0.15) is 0 Å². The minimum atomic E-state index is 0. The van der Waals surface area contributed by atoms with Crippen molar-refractivity contribution in [2.75, 3.05) is 0 Å². The molecule has 1 aliphatic rings. The molecule has 273 valence electrons. The summed E-state index contributed by atoms with van der Waals surface area (Å²) < 4.78 is 0. The molecule has 4 heteroatoms. The van der Waals surface area contributed by atoms with E-state index in [1.807, 2.05) is 12.1 Å². The smallest absolute Gasteiger partial charge is 0.157 e. The van der Waals surface area contributed by atoms with Crippen molar-refractivity contribution < 1.29 is 32.1 Å². The molecule has 0 saturated heterocycles. The molecule has 2 atom stereocenters. The number of hydrogen-bond acceptors (Lipinski definition) is 3. The molecular formula is C42H76CuO3. The third-order valence-electron chi connectivity index (χ3n) is 10.4. The number of hydrogen-bond donors (Lipinski definition) is 2. The van der Waals surface area contributed by atoms with Crippen molar-refractivity contribution in [3.8, 4) is 11.5 Å². The van der Waals surface area contributed by atoms with Gasteiger partial charge in [-0.15, -0.1) is 0 Å². The Hall–Kier alpha value is -0.991. The zero-order chi connectivity index (χ0) is 33.3. The van der Waals surface area contributed by atoms with E-state index in [0.29, 0.717) is 29.5 Å². The Morgan fingerprint density at radius 2 is 0.913 bits per heavy atom. The van der Waals surface area contributed by atoms with E-state index in [4.69, 9.17) is 0 Å². The van der Waals surface area contributed by atoms with Gasteiger partial charge in [0.2, 0.25) is 0 Å². The number of unbranched alkanes of at least 4 members (excludes halogenated alkanes) is 18. The van der Waals surface area contributed by atoms with Crippen LogP contribution >= 0.6 is 0 Å². The maximum Gasteiger partial charge on any atom is 0.157 e. The van der Waals surface area contributed by atoms with E-state index in [1.165, 1.54) is 146 Å². The largest absolute Gasteiger partial charge is 0.504 e. The molecule has 1 radical (unpaired) electrons. The van der Waals surface area contributed by atoms with E-state index >= 15 is 0 Å². The molecule has 1 aliphatic carbocycles. The second-order valence-electron chi connectivity index (χ2n) is 15.1. The molecule has 0 heterocycles. The van der Waals surface area contributed by atoms with Gasteiger partial charge in [-0.25, -0.2) is 0 Å².